The highest BCUT2D eigenvalue weighted by atomic mass is 14.8. The molecule has 0 saturated heterocycles. The van der Waals surface area contributed by atoms with Gasteiger partial charge in [-0.05, 0) is 106 Å². The summed E-state index contributed by atoms with van der Waals surface area (Å²) in [4.78, 5) is 16.9. The van der Waals surface area contributed by atoms with Crippen molar-refractivity contribution in [2.24, 2.45) is 0 Å². The van der Waals surface area contributed by atoms with Crippen LogP contribution in [0.25, 0.3) is 78.3 Å². The van der Waals surface area contributed by atoms with Crippen molar-refractivity contribution in [3.63, 3.8) is 0 Å². The summed E-state index contributed by atoms with van der Waals surface area (Å²) in [6, 6.07) is 34.3. The molecule has 3 aromatic heterocycles. The number of H-pyrrole nitrogens is 2. The lowest BCUT2D eigenvalue weighted by Crippen LogP contribution is -1.82. The van der Waals surface area contributed by atoms with Gasteiger partial charge in [-0.2, -0.15) is 0 Å². The molecule has 0 amide bonds. The van der Waals surface area contributed by atoms with Crippen LogP contribution >= 0.6 is 0 Å². The minimum atomic E-state index is 0.901. The summed E-state index contributed by atoms with van der Waals surface area (Å²) >= 11 is 0. The molecule has 0 unspecified atom stereocenters. The summed E-state index contributed by atoms with van der Waals surface area (Å²) in [6.07, 6.45) is 4.10. The molecule has 168 valence electrons. The Labute approximate surface area is 206 Å². The van der Waals surface area contributed by atoms with Crippen LogP contribution in [0, 0.1) is 0 Å². The number of rotatable bonds is 0. The molecule has 8 rings (SSSR count). The van der Waals surface area contributed by atoms with Gasteiger partial charge in [0.1, 0.15) is 0 Å². The van der Waals surface area contributed by atoms with Gasteiger partial charge >= 0.3 is 0 Å². The van der Waals surface area contributed by atoms with Crippen molar-refractivity contribution in [1.82, 2.24) is 19.9 Å². The van der Waals surface area contributed by atoms with E-state index in [-0.39, 0.29) is 0 Å². The molecule has 0 atom stereocenters. The highest BCUT2D eigenvalue weighted by Gasteiger charge is 2.18. The molecule has 4 heteroatoms. The smallest absolute Gasteiger partial charge is 0.0738 e. The van der Waals surface area contributed by atoms with E-state index in [1.807, 2.05) is 6.08 Å². The highest BCUT2D eigenvalue weighted by Crippen LogP contribution is 2.39. The quantitative estimate of drug-likeness (QED) is 0.224. The first kappa shape index (κ1) is 19.4. The van der Waals surface area contributed by atoms with Crippen molar-refractivity contribution >= 4 is 55.8 Å². The summed E-state index contributed by atoms with van der Waals surface area (Å²) in [7, 11) is 0. The first-order valence-electron chi connectivity index (χ1n) is 12.1. The maximum atomic E-state index is 5.09. The maximum Gasteiger partial charge on any atom is 0.0738 e. The molecule has 2 N–H and O–H groups in total. The van der Waals surface area contributed by atoms with E-state index in [1.165, 1.54) is 21.5 Å². The molecule has 5 heterocycles. The second kappa shape index (κ2) is 7.27. The third-order valence-electron chi connectivity index (χ3n) is 6.97. The molecule has 0 saturated carbocycles. The van der Waals surface area contributed by atoms with Crippen LogP contribution in [-0.4, -0.2) is 19.9 Å². The summed E-state index contributed by atoms with van der Waals surface area (Å²) in [6.45, 7) is 0. The lowest BCUT2D eigenvalue weighted by Gasteiger charge is -2.06. The lowest BCUT2D eigenvalue weighted by molar-refractivity contribution is 1.31. The second-order valence-electron chi connectivity index (χ2n) is 9.44. The topological polar surface area (TPSA) is 57.4 Å². The molecule has 6 aromatic rings. The fraction of sp³-hybridized carbons (Fsp3) is 0. The largest absolute Gasteiger partial charge is 0.355 e. The van der Waals surface area contributed by atoms with E-state index in [0.29, 0.717) is 0 Å². The zero-order chi connectivity index (χ0) is 23.6. The van der Waals surface area contributed by atoms with Gasteiger partial charge in [-0.15, -0.1) is 0 Å². The monoisotopic (exact) mass is 460 g/mol. The molecular formula is C32H20N4. The number of hydrogen-bond acceptors (Lipinski definition) is 2. The van der Waals surface area contributed by atoms with Crippen LogP contribution in [0.3, 0.4) is 0 Å². The normalized spacial score (nSPS) is 12.3. The molecular weight excluding hydrogens is 440 g/mol. The fourth-order valence-corrected chi connectivity index (χ4v) is 5.25. The second-order valence-corrected chi connectivity index (χ2v) is 9.44. The minimum absolute atomic E-state index is 0.901. The number of nitrogens with one attached hydrogen (secondary N) is 2. The summed E-state index contributed by atoms with van der Waals surface area (Å²) < 4.78 is 0. The molecule has 4 nitrogen and oxygen atoms in total. The summed E-state index contributed by atoms with van der Waals surface area (Å²) in [5, 5.41) is 4.91. The number of hydrogen-bond donors (Lipinski definition) is 2. The first-order valence-corrected chi connectivity index (χ1v) is 12.1. The molecule has 8 bridgehead atoms. The Morgan fingerprint density at radius 2 is 0.944 bits per heavy atom. The van der Waals surface area contributed by atoms with Gasteiger partial charge in [-0.1, -0.05) is 24.3 Å². The summed E-state index contributed by atoms with van der Waals surface area (Å²) in [5.41, 5.74) is 10.1. The Hall–Kier alpha value is -4.96. The van der Waals surface area contributed by atoms with Crippen molar-refractivity contribution in [2.45, 2.75) is 0 Å². The average molecular weight is 461 g/mol. The van der Waals surface area contributed by atoms with Gasteiger partial charge < -0.3 is 9.97 Å². The molecule has 3 aromatic carbocycles. The summed E-state index contributed by atoms with van der Waals surface area (Å²) in [5.74, 6) is 0. The highest BCUT2D eigenvalue weighted by molar-refractivity contribution is 6.04. The van der Waals surface area contributed by atoms with Gasteiger partial charge in [0.2, 0.25) is 0 Å². The zero-order valence-corrected chi connectivity index (χ0v) is 19.3. The van der Waals surface area contributed by atoms with Crippen LogP contribution in [0.1, 0.15) is 11.4 Å². The van der Waals surface area contributed by atoms with E-state index in [1.54, 1.807) is 0 Å². The average Bonchev–Trinajstić information content (AvgIpc) is 3.67. The first-order chi connectivity index (χ1) is 17.7. The van der Waals surface area contributed by atoms with Crippen LogP contribution in [0.5, 0.6) is 0 Å². The third kappa shape index (κ3) is 3.16. The van der Waals surface area contributed by atoms with E-state index in [0.717, 1.165) is 56.0 Å². The molecule has 36 heavy (non-hydrogen) atoms. The molecule has 0 aliphatic carbocycles. The van der Waals surface area contributed by atoms with Crippen LogP contribution in [0.4, 0.5) is 0 Å². The van der Waals surface area contributed by atoms with Crippen molar-refractivity contribution in [2.75, 3.05) is 0 Å². The molecule has 0 radical (unpaired) electrons. The SMILES string of the molecule is C1=Cc2cc3ccc(cc4ccc(cc5nc(cc1n2)-c1cc2cc6ccccc6cc2cc1-5)[nH]4)[nH]3. The Morgan fingerprint density at radius 3 is 1.58 bits per heavy atom. The number of aromatic nitrogens is 4. The van der Waals surface area contributed by atoms with Crippen LogP contribution in [-0.2, 0) is 0 Å². The van der Waals surface area contributed by atoms with Gasteiger partial charge in [-0.3, -0.25) is 0 Å². The van der Waals surface area contributed by atoms with E-state index in [9.17, 15) is 0 Å². The molecule has 2 aliphatic rings. The lowest BCUT2D eigenvalue weighted by atomic mass is 9.96. The van der Waals surface area contributed by atoms with Crippen molar-refractivity contribution in [3.8, 4) is 22.5 Å². The standard InChI is InChI=1S/C32H20N4/c1-2-4-20-12-22-14-30-29(13-21(22)11-19(20)3-1)31-17-27-9-7-25(34-27)15-23-5-6-24(33-23)16-26-8-10-28(35-26)18-32(30)36-31/h1-18,33-34H. The minimum Gasteiger partial charge on any atom is -0.355 e. The molecule has 2 aliphatic heterocycles. The molecule has 0 fully saturated rings. The Kier molecular flexibility index (Phi) is 3.91. The fourth-order valence-electron chi connectivity index (χ4n) is 5.25. The zero-order valence-electron chi connectivity index (χ0n) is 19.3. The van der Waals surface area contributed by atoms with Crippen LogP contribution in [0.15, 0.2) is 97.1 Å². The van der Waals surface area contributed by atoms with Crippen molar-refractivity contribution < 1.29 is 0 Å². The molecule has 0 spiro atoms. The maximum absolute atomic E-state index is 5.09. The Balaban J connectivity index is 1.46. The van der Waals surface area contributed by atoms with E-state index < -0.39 is 0 Å². The predicted molar refractivity (Wildman–Crippen MR) is 149 cm³/mol. The Bertz CT molecular complexity index is 2060. The van der Waals surface area contributed by atoms with Crippen LogP contribution in [0.2, 0.25) is 0 Å². The number of nitrogens with zero attached hydrogens (tertiary/aromatic N) is 2. The number of benzene rings is 3. The Morgan fingerprint density at radius 1 is 0.417 bits per heavy atom. The van der Waals surface area contributed by atoms with Crippen LogP contribution < -0.4 is 0 Å². The van der Waals surface area contributed by atoms with Gasteiger partial charge in [0, 0.05) is 33.2 Å². The van der Waals surface area contributed by atoms with Gasteiger partial charge in [0.15, 0.2) is 0 Å². The number of aromatic amines is 2. The van der Waals surface area contributed by atoms with Gasteiger partial charge in [0.05, 0.1) is 22.8 Å². The van der Waals surface area contributed by atoms with Gasteiger partial charge in [-0.25, -0.2) is 9.97 Å². The van der Waals surface area contributed by atoms with E-state index >= 15 is 0 Å². The van der Waals surface area contributed by atoms with Gasteiger partial charge in [0.25, 0.3) is 0 Å². The third-order valence-corrected chi connectivity index (χ3v) is 6.97. The van der Waals surface area contributed by atoms with Crippen molar-refractivity contribution in [1.29, 1.82) is 0 Å². The predicted octanol–water partition coefficient (Wildman–Crippen LogP) is 8.13. The van der Waals surface area contributed by atoms with E-state index in [2.05, 4.69) is 113 Å². The number of fused-ring (bicyclic) bond motifs is 13. The van der Waals surface area contributed by atoms with E-state index in [4.69, 9.17) is 9.97 Å². The van der Waals surface area contributed by atoms with Crippen molar-refractivity contribution in [3.05, 3.63) is 108 Å².